The monoisotopic (exact) mass is 244 g/mol. The van der Waals surface area contributed by atoms with E-state index in [4.69, 9.17) is 0 Å². The van der Waals surface area contributed by atoms with Gasteiger partial charge in [-0.1, -0.05) is 13.0 Å². The summed E-state index contributed by atoms with van der Waals surface area (Å²) in [6.45, 7) is 3.17. The number of hydrogen-bond donors (Lipinski definition) is 1. The molecular formula is C14H20N4. The first-order chi connectivity index (χ1) is 8.79. The third kappa shape index (κ3) is 3.40. The molecule has 0 aliphatic heterocycles. The number of pyridine rings is 1. The molecule has 0 aliphatic carbocycles. The Hall–Kier alpha value is -1.68. The molecule has 1 unspecified atom stereocenters. The predicted octanol–water partition coefficient (Wildman–Crippen LogP) is 2.10. The number of aryl methyl sites for hydroxylation is 1. The van der Waals surface area contributed by atoms with E-state index >= 15 is 0 Å². The number of aromatic nitrogens is 3. The summed E-state index contributed by atoms with van der Waals surface area (Å²) in [5.41, 5.74) is 2.33. The van der Waals surface area contributed by atoms with E-state index in [1.807, 2.05) is 30.2 Å². The average molecular weight is 244 g/mol. The summed E-state index contributed by atoms with van der Waals surface area (Å²) in [4.78, 5) is 8.61. The highest BCUT2D eigenvalue weighted by Crippen LogP contribution is 2.16. The Labute approximate surface area is 108 Å². The van der Waals surface area contributed by atoms with E-state index in [9.17, 15) is 0 Å². The van der Waals surface area contributed by atoms with Gasteiger partial charge in [0.2, 0.25) is 0 Å². The second kappa shape index (κ2) is 6.31. The van der Waals surface area contributed by atoms with E-state index in [0.717, 1.165) is 25.1 Å². The van der Waals surface area contributed by atoms with Crippen LogP contribution in [-0.4, -0.2) is 21.1 Å². The molecule has 0 bridgehead atoms. The highest BCUT2D eigenvalue weighted by Gasteiger charge is 2.13. The van der Waals surface area contributed by atoms with E-state index in [1.54, 1.807) is 6.20 Å². The summed E-state index contributed by atoms with van der Waals surface area (Å²) in [5.74, 6) is 0. The zero-order chi connectivity index (χ0) is 12.8. The number of nitrogens with zero attached hydrogens (tertiary/aromatic N) is 3. The third-order valence-corrected chi connectivity index (χ3v) is 2.89. The summed E-state index contributed by atoms with van der Waals surface area (Å²) in [7, 11) is 2.00. The minimum Gasteiger partial charge on any atom is -0.340 e. The van der Waals surface area contributed by atoms with Crippen LogP contribution in [0, 0.1) is 0 Å². The molecule has 18 heavy (non-hydrogen) atoms. The second-order valence-electron chi connectivity index (χ2n) is 4.54. The molecule has 2 aromatic heterocycles. The Morgan fingerprint density at radius 2 is 2.33 bits per heavy atom. The highest BCUT2D eigenvalue weighted by molar-refractivity contribution is 5.14. The Morgan fingerprint density at radius 3 is 2.94 bits per heavy atom. The first-order valence-corrected chi connectivity index (χ1v) is 6.39. The van der Waals surface area contributed by atoms with Gasteiger partial charge in [-0.05, 0) is 31.0 Å². The van der Waals surface area contributed by atoms with E-state index in [0.29, 0.717) is 0 Å². The Bertz CT molecular complexity index is 464. The van der Waals surface area contributed by atoms with Gasteiger partial charge in [-0.25, -0.2) is 4.98 Å². The zero-order valence-electron chi connectivity index (χ0n) is 11.0. The van der Waals surface area contributed by atoms with Crippen molar-refractivity contribution in [3.8, 4) is 0 Å². The topological polar surface area (TPSA) is 42.7 Å². The van der Waals surface area contributed by atoms with Gasteiger partial charge >= 0.3 is 0 Å². The quantitative estimate of drug-likeness (QED) is 0.846. The summed E-state index contributed by atoms with van der Waals surface area (Å²) >= 11 is 0. The van der Waals surface area contributed by atoms with Gasteiger partial charge in [-0.15, -0.1) is 0 Å². The van der Waals surface area contributed by atoms with E-state index in [2.05, 4.69) is 34.5 Å². The van der Waals surface area contributed by atoms with Crippen LogP contribution in [0.4, 0.5) is 0 Å². The van der Waals surface area contributed by atoms with Gasteiger partial charge in [0.05, 0.1) is 18.1 Å². The summed E-state index contributed by atoms with van der Waals surface area (Å²) < 4.78 is 1.99. The van der Waals surface area contributed by atoms with Crippen LogP contribution < -0.4 is 5.32 Å². The molecule has 4 nitrogen and oxygen atoms in total. The van der Waals surface area contributed by atoms with Gasteiger partial charge in [-0.2, -0.15) is 0 Å². The molecule has 0 saturated carbocycles. The smallest absolute Gasteiger partial charge is 0.0947 e. The van der Waals surface area contributed by atoms with Gasteiger partial charge in [0.15, 0.2) is 0 Å². The molecule has 0 saturated heterocycles. The molecule has 0 aromatic carbocycles. The molecule has 1 N–H and O–H groups in total. The maximum absolute atomic E-state index is 4.45. The van der Waals surface area contributed by atoms with Gasteiger partial charge in [-0.3, -0.25) is 4.98 Å². The molecule has 0 radical (unpaired) electrons. The SMILES string of the molecule is CCCNC(Cc1cccnc1)c1cn(C)cn1. The van der Waals surface area contributed by atoms with Crippen LogP contribution in [-0.2, 0) is 13.5 Å². The highest BCUT2D eigenvalue weighted by atomic mass is 15.0. The minimum absolute atomic E-state index is 0.260. The molecule has 4 heteroatoms. The van der Waals surface area contributed by atoms with Gasteiger partial charge in [0.1, 0.15) is 0 Å². The van der Waals surface area contributed by atoms with Crippen molar-refractivity contribution in [2.24, 2.45) is 7.05 Å². The standard InChI is InChI=1S/C14H20N4/c1-3-6-16-13(14-10-18(2)11-17-14)8-12-5-4-7-15-9-12/h4-5,7,9-11,13,16H,3,6,8H2,1-2H3. The largest absolute Gasteiger partial charge is 0.340 e. The molecule has 96 valence electrons. The summed E-state index contributed by atoms with van der Waals surface area (Å²) in [5, 5.41) is 3.54. The van der Waals surface area contributed by atoms with Crippen molar-refractivity contribution < 1.29 is 0 Å². The van der Waals surface area contributed by atoms with Crippen molar-refractivity contribution in [3.05, 3.63) is 48.3 Å². The maximum Gasteiger partial charge on any atom is 0.0947 e. The lowest BCUT2D eigenvalue weighted by atomic mass is 10.1. The lowest BCUT2D eigenvalue weighted by Crippen LogP contribution is -2.24. The fourth-order valence-electron chi connectivity index (χ4n) is 1.97. The van der Waals surface area contributed by atoms with Gasteiger partial charge in [0.25, 0.3) is 0 Å². The molecule has 0 amide bonds. The minimum atomic E-state index is 0.260. The molecular weight excluding hydrogens is 224 g/mol. The van der Waals surface area contributed by atoms with Crippen LogP contribution in [0.1, 0.15) is 30.6 Å². The van der Waals surface area contributed by atoms with E-state index < -0.39 is 0 Å². The predicted molar refractivity (Wildman–Crippen MR) is 72.2 cm³/mol. The van der Waals surface area contributed by atoms with Gasteiger partial charge < -0.3 is 9.88 Å². The van der Waals surface area contributed by atoms with Crippen molar-refractivity contribution in [2.75, 3.05) is 6.54 Å². The molecule has 0 spiro atoms. The van der Waals surface area contributed by atoms with Crippen LogP contribution in [0.15, 0.2) is 37.1 Å². The normalized spacial score (nSPS) is 12.6. The maximum atomic E-state index is 4.45. The van der Waals surface area contributed by atoms with E-state index in [-0.39, 0.29) is 6.04 Å². The second-order valence-corrected chi connectivity index (χ2v) is 4.54. The molecule has 0 aliphatic rings. The molecule has 2 aromatic rings. The first kappa shape index (κ1) is 12.8. The van der Waals surface area contributed by atoms with Crippen molar-refractivity contribution in [1.29, 1.82) is 0 Å². The molecule has 2 heterocycles. The first-order valence-electron chi connectivity index (χ1n) is 6.39. The molecule has 2 rings (SSSR count). The van der Waals surface area contributed by atoms with Crippen molar-refractivity contribution >= 4 is 0 Å². The molecule has 0 fully saturated rings. The van der Waals surface area contributed by atoms with Crippen LogP contribution in [0.2, 0.25) is 0 Å². The molecule has 1 atom stereocenters. The van der Waals surface area contributed by atoms with Gasteiger partial charge in [0, 0.05) is 25.6 Å². The van der Waals surface area contributed by atoms with Crippen LogP contribution in [0.3, 0.4) is 0 Å². The fourth-order valence-corrected chi connectivity index (χ4v) is 1.97. The third-order valence-electron chi connectivity index (χ3n) is 2.89. The van der Waals surface area contributed by atoms with Crippen LogP contribution >= 0.6 is 0 Å². The van der Waals surface area contributed by atoms with Crippen molar-refractivity contribution in [3.63, 3.8) is 0 Å². The Morgan fingerprint density at radius 1 is 1.44 bits per heavy atom. The van der Waals surface area contributed by atoms with Crippen LogP contribution in [0.25, 0.3) is 0 Å². The summed E-state index contributed by atoms with van der Waals surface area (Å²) in [6.07, 6.45) is 9.69. The van der Waals surface area contributed by atoms with Crippen molar-refractivity contribution in [1.82, 2.24) is 19.9 Å². The Kier molecular flexibility index (Phi) is 4.47. The van der Waals surface area contributed by atoms with Crippen molar-refractivity contribution in [2.45, 2.75) is 25.8 Å². The summed E-state index contributed by atoms with van der Waals surface area (Å²) in [6, 6.07) is 4.34. The number of imidazole rings is 1. The average Bonchev–Trinajstić information content (AvgIpc) is 2.82. The lowest BCUT2D eigenvalue weighted by molar-refractivity contribution is 0.518. The zero-order valence-corrected chi connectivity index (χ0v) is 11.0. The lowest BCUT2D eigenvalue weighted by Gasteiger charge is -2.16. The van der Waals surface area contributed by atoms with E-state index in [1.165, 1.54) is 5.56 Å². The fraction of sp³-hybridized carbons (Fsp3) is 0.429. The number of rotatable bonds is 6. The number of nitrogens with one attached hydrogen (secondary N) is 1. The Balaban J connectivity index is 2.10. The van der Waals surface area contributed by atoms with Crippen LogP contribution in [0.5, 0.6) is 0 Å². The number of hydrogen-bond acceptors (Lipinski definition) is 3.